The zero-order valence-corrected chi connectivity index (χ0v) is 21.0. The number of rotatable bonds is 6. The van der Waals surface area contributed by atoms with E-state index in [-0.39, 0.29) is 11.1 Å². The van der Waals surface area contributed by atoms with Gasteiger partial charge in [-0.3, -0.25) is 4.79 Å². The molecule has 0 aliphatic heterocycles. The van der Waals surface area contributed by atoms with Crippen molar-refractivity contribution in [1.29, 1.82) is 0 Å². The molecule has 1 N–H and O–H groups in total. The molecule has 0 aliphatic carbocycles. The van der Waals surface area contributed by atoms with Gasteiger partial charge in [0.1, 0.15) is 5.75 Å². The fraction of sp³-hybridized carbons (Fsp3) is 0.172. The first-order valence-electron chi connectivity index (χ1n) is 11.7. The van der Waals surface area contributed by atoms with Crippen LogP contribution in [0, 0.1) is 0 Å². The van der Waals surface area contributed by atoms with Crippen LogP contribution >= 0.6 is 11.6 Å². The first-order valence-corrected chi connectivity index (χ1v) is 12.0. The summed E-state index contributed by atoms with van der Waals surface area (Å²) in [6.07, 6.45) is 3.20. The Labute approximate surface area is 214 Å². The largest absolute Gasteiger partial charge is 0.494 e. The molecule has 0 fully saturated rings. The van der Waals surface area contributed by atoms with Gasteiger partial charge in [-0.05, 0) is 48.4 Å². The highest BCUT2D eigenvalue weighted by atomic mass is 35.5. The summed E-state index contributed by atoms with van der Waals surface area (Å²) in [5.41, 5.74) is 1.20. The molecule has 2 aromatic heterocycles. The molecule has 0 saturated carbocycles. The Bertz CT molecular complexity index is 1620. The molecule has 3 aromatic carbocycles. The highest BCUT2D eigenvalue weighted by molar-refractivity contribution is 6.30. The van der Waals surface area contributed by atoms with Crippen LogP contribution in [0.5, 0.6) is 5.75 Å². The van der Waals surface area contributed by atoms with E-state index in [1.54, 1.807) is 60.0 Å². The van der Waals surface area contributed by atoms with Crippen LogP contribution in [0.3, 0.4) is 0 Å². The number of hydrogen-bond donors (Lipinski definition) is 1. The van der Waals surface area contributed by atoms with Crippen LogP contribution in [-0.4, -0.2) is 25.8 Å². The van der Waals surface area contributed by atoms with Crippen LogP contribution in [-0.2, 0) is 19.7 Å². The van der Waals surface area contributed by atoms with Crippen LogP contribution in [0.2, 0.25) is 5.02 Å². The summed E-state index contributed by atoms with van der Waals surface area (Å²) in [6, 6.07) is 22.2. The lowest BCUT2D eigenvalue weighted by Gasteiger charge is -2.32. The number of aryl methyl sites for hydroxylation is 2. The normalized spacial score (nSPS) is 13.0. The van der Waals surface area contributed by atoms with Crippen molar-refractivity contribution in [1.82, 2.24) is 14.1 Å². The van der Waals surface area contributed by atoms with E-state index < -0.39 is 5.60 Å². The van der Waals surface area contributed by atoms with Crippen LogP contribution in [0.4, 0.5) is 0 Å². The molecule has 0 radical (unpaired) electrons. The van der Waals surface area contributed by atoms with Crippen LogP contribution in [0.15, 0.2) is 90.1 Å². The molecule has 1 unspecified atom stereocenters. The van der Waals surface area contributed by atoms with E-state index in [2.05, 4.69) is 4.98 Å². The van der Waals surface area contributed by atoms with Crippen molar-refractivity contribution in [3.63, 3.8) is 0 Å². The number of para-hydroxylation sites is 1. The number of ether oxygens (including phenoxy) is 1. The highest BCUT2D eigenvalue weighted by Gasteiger charge is 2.42. The lowest BCUT2D eigenvalue weighted by molar-refractivity contribution is 0.116. The summed E-state index contributed by atoms with van der Waals surface area (Å²) < 4.78 is 9.08. The fourth-order valence-corrected chi connectivity index (χ4v) is 4.98. The molecule has 0 saturated heterocycles. The first-order chi connectivity index (χ1) is 17.4. The third-order valence-electron chi connectivity index (χ3n) is 6.55. The van der Waals surface area contributed by atoms with E-state index in [1.807, 2.05) is 55.5 Å². The summed E-state index contributed by atoms with van der Waals surface area (Å²) in [4.78, 5) is 18.5. The second kappa shape index (κ2) is 9.30. The minimum atomic E-state index is -1.83. The van der Waals surface area contributed by atoms with E-state index in [0.717, 1.165) is 16.5 Å². The minimum Gasteiger partial charge on any atom is -0.494 e. The van der Waals surface area contributed by atoms with Gasteiger partial charge in [0, 0.05) is 30.1 Å². The molecule has 1 atom stereocenters. The van der Waals surface area contributed by atoms with Crippen molar-refractivity contribution < 1.29 is 9.84 Å². The molecular weight excluding hydrogens is 474 g/mol. The Kier molecular flexibility index (Phi) is 6.16. The van der Waals surface area contributed by atoms with Crippen LogP contribution < -0.4 is 10.3 Å². The molecular formula is C29H26ClN3O3. The number of imidazole rings is 1. The summed E-state index contributed by atoms with van der Waals surface area (Å²) in [7, 11) is 3.52. The molecule has 0 aliphatic rings. The number of nitrogens with zero attached hydrogens (tertiary/aromatic N) is 3. The van der Waals surface area contributed by atoms with Gasteiger partial charge in [0.25, 0.3) is 5.56 Å². The van der Waals surface area contributed by atoms with Gasteiger partial charge in [0.2, 0.25) is 0 Å². The fourth-order valence-electron chi connectivity index (χ4n) is 4.86. The van der Waals surface area contributed by atoms with Gasteiger partial charge < -0.3 is 19.0 Å². The zero-order valence-electron chi connectivity index (χ0n) is 20.3. The van der Waals surface area contributed by atoms with Gasteiger partial charge in [-0.2, -0.15) is 0 Å². The van der Waals surface area contributed by atoms with Gasteiger partial charge in [-0.25, -0.2) is 4.98 Å². The van der Waals surface area contributed by atoms with Crippen LogP contribution in [0.25, 0.3) is 22.0 Å². The molecule has 5 rings (SSSR count). The Morgan fingerprint density at radius 1 is 1.03 bits per heavy atom. The van der Waals surface area contributed by atoms with E-state index in [0.29, 0.717) is 34.2 Å². The lowest BCUT2D eigenvalue weighted by Crippen LogP contribution is -2.39. The number of hydrogen-bond acceptors (Lipinski definition) is 4. The van der Waals surface area contributed by atoms with Crippen LogP contribution in [0.1, 0.15) is 23.7 Å². The third kappa shape index (κ3) is 3.79. The number of aliphatic hydroxyl groups is 1. The summed E-state index contributed by atoms with van der Waals surface area (Å²) in [6.45, 7) is 2.44. The number of benzene rings is 3. The topological polar surface area (TPSA) is 69.3 Å². The SMILES string of the molecule is CCOc1cccc(-c2c(C(O)(c3ccc(Cl)cc3)c3cncn3C)c(=O)n(C)c3ccccc23)c1. The molecule has 36 heavy (non-hydrogen) atoms. The molecule has 0 spiro atoms. The predicted molar refractivity (Wildman–Crippen MR) is 143 cm³/mol. The average Bonchev–Trinajstić information content (AvgIpc) is 3.33. The highest BCUT2D eigenvalue weighted by Crippen LogP contribution is 2.43. The van der Waals surface area contributed by atoms with Crippen molar-refractivity contribution in [3.8, 4) is 16.9 Å². The Balaban J connectivity index is 1.98. The maximum atomic E-state index is 14.2. The maximum Gasteiger partial charge on any atom is 0.258 e. The standard InChI is InChI=1S/C29H26ClN3O3/c1-4-36-22-9-7-8-19(16-22)26-23-10-5-6-11-24(23)33(3)28(34)27(26)29(35,25-17-31-18-32(25)2)20-12-14-21(30)15-13-20/h5-18,35H,4H2,1-3H3. The van der Waals surface area contributed by atoms with Crippen molar-refractivity contribution >= 4 is 22.5 Å². The zero-order chi connectivity index (χ0) is 25.4. The third-order valence-corrected chi connectivity index (χ3v) is 6.80. The molecule has 0 bridgehead atoms. The monoisotopic (exact) mass is 499 g/mol. The van der Waals surface area contributed by atoms with Gasteiger partial charge in [0.15, 0.2) is 5.60 Å². The van der Waals surface area contributed by atoms with Crippen molar-refractivity contribution in [3.05, 3.63) is 118 Å². The Hall–Kier alpha value is -3.87. The van der Waals surface area contributed by atoms with Gasteiger partial charge in [-0.15, -0.1) is 0 Å². The lowest BCUT2D eigenvalue weighted by atomic mass is 9.79. The second-order valence-electron chi connectivity index (χ2n) is 8.70. The quantitative estimate of drug-likeness (QED) is 0.345. The van der Waals surface area contributed by atoms with Gasteiger partial charge in [0.05, 0.1) is 35.9 Å². The minimum absolute atomic E-state index is 0.225. The average molecular weight is 500 g/mol. The number of halogens is 1. The molecule has 2 heterocycles. The van der Waals surface area contributed by atoms with E-state index in [1.165, 1.54) is 0 Å². The van der Waals surface area contributed by atoms with Crippen molar-refractivity contribution in [2.45, 2.75) is 12.5 Å². The van der Waals surface area contributed by atoms with Gasteiger partial charge >= 0.3 is 0 Å². The van der Waals surface area contributed by atoms with E-state index in [4.69, 9.17) is 16.3 Å². The maximum absolute atomic E-state index is 14.2. The van der Waals surface area contributed by atoms with Crippen molar-refractivity contribution in [2.75, 3.05) is 6.61 Å². The Morgan fingerprint density at radius 3 is 2.47 bits per heavy atom. The first kappa shape index (κ1) is 23.9. The molecule has 7 heteroatoms. The van der Waals surface area contributed by atoms with E-state index in [9.17, 15) is 9.90 Å². The number of pyridine rings is 1. The van der Waals surface area contributed by atoms with E-state index >= 15 is 0 Å². The smallest absolute Gasteiger partial charge is 0.258 e. The molecule has 182 valence electrons. The van der Waals surface area contributed by atoms with Gasteiger partial charge in [-0.1, -0.05) is 54.1 Å². The second-order valence-corrected chi connectivity index (χ2v) is 9.14. The molecule has 5 aromatic rings. The summed E-state index contributed by atoms with van der Waals surface area (Å²) in [5.74, 6) is 0.682. The number of aromatic nitrogens is 3. The summed E-state index contributed by atoms with van der Waals surface area (Å²) in [5, 5.41) is 14.1. The number of fused-ring (bicyclic) bond motifs is 1. The molecule has 0 amide bonds. The molecule has 6 nitrogen and oxygen atoms in total. The predicted octanol–water partition coefficient (Wildman–Crippen LogP) is 5.28. The Morgan fingerprint density at radius 2 is 1.78 bits per heavy atom. The summed E-state index contributed by atoms with van der Waals surface area (Å²) >= 11 is 6.19. The van der Waals surface area contributed by atoms with Crippen molar-refractivity contribution in [2.24, 2.45) is 14.1 Å².